The molecule has 0 aliphatic heterocycles. The average molecular weight is 279 g/mol. The zero-order chi connectivity index (χ0) is 13.7. The molecule has 20 heavy (non-hydrogen) atoms. The molecule has 3 saturated carbocycles. The molecule has 0 unspecified atom stereocenters. The summed E-state index contributed by atoms with van der Waals surface area (Å²) >= 11 is 0. The zero-order valence-electron chi connectivity index (χ0n) is 13.2. The van der Waals surface area contributed by atoms with Crippen LogP contribution in [-0.2, 0) is 4.74 Å². The molecule has 3 fully saturated rings. The van der Waals surface area contributed by atoms with E-state index < -0.39 is 0 Å². The molecule has 116 valence electrons. The van der Waals surface area contributed by atoms with E-state index in [1.807, 2.05) is 0 Å². The highest BCUT2D eigenvalue weighted by Gasteiger charge is 2.36. The molecule has 1 N–H and O–H groups in total. The maximum Gasteiger partial charge on any atom is 0.0810 e. The van der Waals surface area contributed by atoms with Crippen molar-refractivity contribution < 1.29 is 4.74 Å². The van der Waals surface area contributed by atoms with Gasteiger partial charge in [0.25, 0.3) is 0 Å². The fourth-order valence-corrected chi connectivity index (χ4v) is 4.04. The Morgan fingerprint density at radius 1 is 0.750 bits per heavy atom. The summed E-state index contributed by atoms with van der Waals surface area (Å²) in [5, 5.41) is 3.78. The molecule has 3 aliphatic carbocycles. The Bertz CT molecular complexity index is 271. The van der Waals surface area contributed by atoms with Crippen LogP contribution in [0.1, 0.15) is 89.9 Å². The maximum absolute atomic E-state index is 6.80. The van der Waals surface area contributed by atoms with E-state index in [-0.39, 0.29) is 5.60 Å². The quantitative estimate of drug-likeness (QED) is 0.744. The van der Waals surface area contributed by atoms with Crippen molar-refractivity contribution in [3.8, 4) is 0 Å². The van der Waals surface area contributed by atoms with E-state index in [1.54, 1.807) is 0 Å². The SMILES string of the molecule is C1CCCC(OC2(CNC3CC3)CCCCCC2)CC1. The first-order chi connectivity index (χ1) is 9.86. The molecule has 0 radical (unpaired) electrons. The highest BCUT2D eigenvalue weighted by Crippen LogP contribution is 2.35. The number of hydrogen-bond acceptors (Lipinski definition) is 2. The van der Waals surface area contributed by atoms with Gasteiger partial charge in [0.2, 0.25) is 0 Å². The van der Waals surface area contributed by atoms with E-state index >= 15 is 0 Å². The number of ether oxygens (including phenoxy) is 1. The standard InChI is InChI=1S/C18H33NO/c1-2-6-10-17(9-5-1)20-18(15-19-16-11-12-16)13-7-3-4-8-14-18/h16-17,19H,1-15H2. The summed E-state index contributed by atoms with van der Waals surface area (Å²) in [5.41, 5.74) is 0.175. The van der Waals surface area contributed by atoms with Crippen LogP contribution >= 0.6 is 0 Å². The molecule has 0 aromatic rings. The van der Waals surface area contributed by atoms with Crippen LogP contribution < -0.4 is 5.32 Å². The van der Waals surface area contributed by atoms with E-state index in [0.717, 1.165) is 12.6 Å². The van der Waals surface area contributed by atoms with Crippen LogP contribution in [0.4, 0.5) is 0 Å². The van der Waals surface area contributed by atoms with Crippen molar-refractivity contribution in [3.63, 3.8) is 0 Å². The molecule has 0 atom stereocenters. The molecule has 0 spiro atoms. The summed E-state index contributed by atoms with van der Waals surface area (Å²) in [6.07, 6.45) is 19.7. The topological polar surface area (TPSA) is 21.3 Å². The van der Waals surface area contributed by atoms with E-state index in [2.05, 4.69) is 5.32 Å². The van der Waals surface area contributed by atoms with Gasteiger partial charge >= 0.3 is 0 Å². The van der Waals surface area contributed by atoms with Crippen molar-refractivity contribution in [2.75, 3.05) is 6.54 Å². The molecule has 2 heteroatoms. The smallest absolute Gasteiger partial charge is 0.0810 e. The Morgan fingerprint density at radius 2 is 1.35 bits per heavy atom. The van der Waals surface area contributed by atoms with Crippen molar-refractivity contribution >= 4 is 0 Å². The first kappa shape index (κ1) is 14.8. The van der Waals surface area contributed by atoms with Gasteiger partial charge in [0.1, 0.15) is 0 Å². The Kier molecular flexibility index (Phi) is 5.39. The van der Waals surface area contributed by atoms with Gasteiger partial charge in [-0.3, -0.25) is 0 Å². The third kappa shape index (κ3) is 4.46. The monoisotopic (exact) mass is 279 g/mol. The van der Waals surface area contributed by atoms with Crippen LogP contribution in [0.15, 0.2) is 0 Å². The van der Waals surface area contributed by atoms with E-state index in [9.17, 15) is 0 Å². The molecule has 3 aliphatic rings. The largest absolute Gasteiger partial charge is 0.370 e. The van der Waals surface area contributed by atoms with Gasteiger partial charge < -0.3 is 10.1 Å². The summed E-state index contributed by atoms with van der Waals surface area (Å²) in [6, 6.07) is 0.813. The van der Waals surface area contributed by atoms with Gasteiger partial charge in [0.05, 0.1) is 11.7 Å². The highest BCUT2D eigenvalue weighted by atomic mass is 16.5. The minimum atomic E-state index is 0.175. The molecule has 0 saturated heterocycles. The van der Waals surface area contributed by atoms with Gasteiger partial charge in [-0.15, -0.1) is 0 Å². The second-order valence-corrected chi connectivity index (χ2v) is 7.48. The van der Waals surface area contributed by atoms with Gasteiger partial charge in [-0.1, -0.05) is 51.4 Å². The molecule has 0 heterocycles. The third-order valence-electron chi connectivity index (χ3n) is 5.52. The first-order valence-corrected chi connectivity index (χ1v) is 9.28. The number of nitrogens with one attached hydrogen (secondary N) is 1. The van der Waals surface area contributed by atoms with Crippen LogP contribution in [0.3, 0.4) is 0 Å². The van der Waals surface area contributed by atoms with Crippen molar-refractivity contribution in [1.29, 1.82) is 0 Å². The Labute approximate surface area is 125 Å². The van der Waals surface area contributed by atoms with Gasteiger partial charge in [-0.2, -0.15) is 0 Å². The van der Waals surface area contributed by atoms with Crippen LogP contribution in [-0.4, -0.2) is 24.3 Å². The molecular weight excluding hydrogens is 246 g/mol. The highest BCUT2D eigenvalue weighted by molar-refractivity contribution is 4.91. The molecule has 0 aromatic heterocycles. The van der Waals surface area contributed by atoms with E-state index in [0.29, 0.717) is 6.10 Å². The van der Waals surface area contributed by atoms with Crippen molar-refractivity contribution in [2.24, 2.45) is 0 Å². The summed E-state index contributed by atoms with van der Waals surface area (Å²) < 4.78 is 6.80. The molecule has 0 bridgehead atoms. The predicted octanol–water partition coefficient (Wildman–Crippen LogP) is 4.57. The maximum atomic E-state index is 6.80. The number of rotatable bonds is 5. The fraction of sp³-hybridized carbons (Fsp3) is 1.00. The lowest BCUT2D eigenvalue weighted by molar-refractivity contribution is -0.106. The van der Waals surface area contributed by atoms with E-state index in [1.165, 1.54) is 89.9 Å². The van der Waals surface area contributed by atoms with Gasteiger partial charge in [0.15, 0.2) is 0 Å². The minimum absolute atomic E-state index is 0.175. The van der Waals surface area contributed by atoms with Crippen LogP contribution in [0.25, 0.3) is 0 Å². The minimum Gasteiger partial charge on any atom is -0.370 e. The van der Waals surface area contributed by atoms with Gasteiger partial charge in [-0.25, -0.2) is 0 Å². The Hall–Kier alpha value is -0.0800. The summed E-state index contributed by atoms with van der Waals surface area (Å²) in [4.78, 5) is 0. The first-order valence-electron chi connectivity index (χ1n) is 9.28. The van der Waals surface area contributed by atoms with Crippen molar-refractivity contribution in [2.45, 2.75) is 108 Å². The van der Waals surface area contributed by atoms with Crippen LogP contribution in [0, 0.1) is 0 Å². The van der Waals surface area contributed by atoms with Crippen molar-refractivity contribution in [3.05, 3.63) is 0 Å². The lowest BCUT2D eigenvalue weighted by atomic mass is 9.93. The summed E-state index contributed by atoms with van der Waals surface area (Å²) in [6.45, 7) is 1.12. The van der Waals surface area contributed by atoms with Crippen molar-refractivity contribution in [1.82, 2.24) is 5.32 Å². The molecule has 2 nitrogen and oxygen atoms in total. The zero-order valence-corrected chi connectivity index (χ0v) is 13.2. The second-order valence-electron chi connectivity index (χ2n) is 7.48. The van der Waals surface area contributed by atoms with Gasteiger partial charge in [-0.05, 0) is 38.5 Å². The summed E-state index contributed by atoms with van der Waals surface area (Å²) in [5.74, 6) is 0. The predicted molar refractivity (Wildman–Crippen MR) is 84.0 cm³/mol. The average Bonchev–Trinajstić information content (AvgIpc) is 3.28. The Morgan fingerprint density at radius 3 is 1.95 bits per heavy atom. The molecule has 0 aromatic carbocycles. The second kappa shape index (κ2) is 7.26. The lowest BCUT2D eigenvalue weighted by Gasteiger charge is -2.37. The third-order valence-corrected chi connectivity index (χ3v) is 5.52. The lowest BCUT2D eigenvalue weighted by Crippen LogP contribution is -2.46. The number of hydrogen-bond donors (Lipinski definition) is 1. The molecule has 3 rings (SSSR count). The van der Waals surface area contributed by atoms with Crippen LogP contribution in [0.2, 0.25) is 0 Å². The van der Waals surface area contributed by atoms with E-state index in [4.69, 9.17) is 4.74 Å². The molecular formula is C18H33NO. The molecule has 0 amide bonds. The fourth-order valence-electron chi connectivity index (χ4n) is 4.04. The van der Waals surface area contributed by atoms with Gasteiger partial charge in [0, 0.05) is 12.6 Å². The van der Waals surface area contributed by atoms with Crippen LogP contribution in [0.5, 0.6) is 0 Å². The normalized spacial score (nSPS) is 28.8. The summed E-state index contributed by atoms with van der Waals surface area (Å²) in [7, 11) is 0. The Balaban J connectivity index is 1.59.